The van der Waals surface area contributed by atoms with Crippen LogP contribution in [0.25, 0.3) is 0 Å². The van der Waals surface area contributed by atoms with Crippen molar-refractivity contribution in [2.24, 2.45) is 5.92 Å². The summed E-state index contributed by atoms with van der Waals surface area (Å²) in [6.07, 6.45) is 0.931. The number of phenols is 1. The number of nitrogens with zero attached hydrogens (tertiary/aromatic N) is 2. The lowest BCUT2D eigenvalue weighted by molar-refractivity contribution is -0.132. The number of aromatic hydroxyl groups is 1. The number of aryl methyl sites for hydroxylation is 1. The van der Waals surface area contributed by atoms with E-state index in [1.165, 1.54) is 16.8 Å². The second kappa shape index (κ2) is 6.67. The summed E-state index contributed by atoms with van der Waals surface area (Å²) in [5.74, 6) is 1.01. The number of benzene rings is 2. The molecule has 2 unspecified atom stereocenters. The van der Waals surface area contributed by atoms with Gasteiger partial charge in [-0.1, -0.05) is 24.3 Å². The monoisotopic (exact) mass is 350 g/mol. The minimum Gasteiger partial charge on any atom is -0.508 e. The van der Waals surface area contributed by atoms with Gasteiger partial charge in [-0.25, -0.2) is 0 Å². The highest BCUT2D eigenvalue weighted by Crippen LogP contribution is 2.48. The molecule has 0 bridgehead atoms. The van der Waals surface area contributed by atoms with E-state index in [2.05, 4.69) is 36.9 Å². The van der Waals surface area contributed by atoms with Gasteiger partial charge in [-0.3, -0.25) is 4.79 Å². The lowest BCUT2D eigenvalue weighted by Gasteiger charge is -2.37. The Hall–Kier alpha value is -2.49. The quantitative estimate of drug-likeness (QED) is 0.922. The van der Waals surface area contributed by atoms with E-state index in [0.29, 0.717) is 11.8 Å². The zero-order valence-electron chi connectivity index (χ0n) is 15.5. The smallest absolute Gasteiger partial charge is 0.226 e. The molecule has 1 amide bonds. The summed E-state index contributed by atoms with van der Waals surface area (Å²) in [5.41, 5.74) is 5.11. The van der Waals surface area contributed by atoms with Gasteiger partial charge in [0.15, 0.2) is 0 Å². The van der Waals surface area contributed by atoms with Crippen LogP contribution in [0, 0.1) is 19.8 Å². The van der Waals surface area contributed by atoms with E-state index in [4.69, 9.17) is 0 Å². The Morgan fingerprint density at radius 1 is 1.00 bits per heavy atom. The van der Waals surface area contributed by atoms with E-state index >= 15 is 0 Å². The minimum absolute atomic E-state index is 0.117. The van der Waals surface area contributed by atoms with Gasteiger partial charge in [-0.05, 0) is 61.1 Å². The van der Waals surface area contributed by atoms with Gasteiger partial charge in [0.2, 0.25) is 5.91 Å². The zero-order chi connectivity index (χ0) is 18.3. The number of piperazine rings is 1. The molecule has 2 atom stereocenters. The highest BCUT2D eigenvalue weighted by molar-refractivity contribution is 5.83. The van der Waals surface area contributed by atoms with E-state index < -0.39 is 0 Å². The van der Waals surface area contributed by atoms with Crippen molar-refractivity contribution >= 4 is 11.6 Å². The van der Waals surface area contributed by atoms with Crippen molar-refractivity contribution in [3.63, 3.8) is 0 Å². The number of amides is 1. The van der Waals surface area contributed by atoms with Crippen molar-refractivity contribution in [1.29, 1.82) is 0 Å². The molecule has 1 N–H and O–H groups in total. The van der Waals surface area contributed by atoms with Crippen LogP contribution in [0.15, 0.2) is 42.5 Å². The fourth-order valence-corrected chi connectivity index (χ4v) is 4.04. The van der Waals surface area contributed by atoms with Crippen LogP contribution in [0.3, 0.4) is 0 Å². The number of anilines is 1. The first-order valence-electron chi connectivity index (χ1n) is 9.43. The average molecular weight is 350 g/mol. The van der Waals surface area contributed by atoms with E-state index in [0.717, 1.165) is 38.2 Å². The van der Waals surface area contributed by atoms with Gasteiger partial charge in [0.25, 0.3) is 0 Å². The molecule has 1 saturated carbocycles. The van der Waals surface area contributed by atoms with Crippen LogP contribution in [0.2, 0.25) is 0 Å². The molecule has 0 aromatic heterocycles. The number of carbonyl (C=O) groups is 1. The maximum atomic E-state index is 12.8. The minimum atomic E-state index is 0.117. The van der Waals surface area contributed by atoms with Crippen molar-refractivity contribution in [3.8, 4) is 5.75 Å². The molecule has 2 aromatic carbocycles. The van der Waals surface area contributed by atoms with E-state index in [-0.39, 0.29) is 11.7 Å². The molecule has 2 aliphatic rings. The number of hydrogen-bond donors (Lipinski definition) is 1. The molecule has 136 valence electrons. The summed E-state index contributed by atoms with van der Waals surface area (Å²) in [6.45, 7) is 7.71. The maximum Gasteiger partial charge on any atom is 0.226 e. The Balaban J connectivity index is 1.36. The number of rotatable bonds is 3. The fourth-order valence-electron chi connectivity index (χ4n) is 4.04. The first-order valence-corrected chi connectivity index (χ1v) is 9.43. The summed E-state index contributed by atoms with van der Waals surface area (Å²) in [5, 5.41) is 9.41. The Morgan fingerprint density at radius 2 is 1.69 bits per heavy atom. The van der Waals surface area contributed by atoms with Gasteiger partial charge in [0, 0.05) is 37.8 Å². The highest BCUT2D eigenvalue weighted by atomic mass is 16.3. The summed E-state index contributed by atoms with van der Waals surface area (Å²) in [7, 11) is 0. The predicted octanol–water partition coefficient (Wildman–Crippen LogP) is 3.46. The molecule has 4 heteroatoms. The van der Waals surface area contributed by atoms with Gasteiger partial charge in [-0.2, -0.15) is 0 Å². The molecule has 0 radical (unpaired) electrons. The van der Waals surface area contributed by atoms with Crippen molar-refractivity contribution in [1.82, 2.24) is 4.90 Å². The van der Waals surface area contributed by atoms with E-state index in [9.17, 15) is 9.90 Å². The molecule has 1 aliphatic heterocycles. The summed E-state index contributed by atoms with van der Waals surface area (Å²) >= 11 is 0. The molecule has 1 aliphatic carbocycles. The van der Waals surface area contributed by atoms with Crippen molar-refractivity contribution < 1.29 is 9.90 Å². The van der Waals surface area contributed by atoms with Crippen LogP contribution < -0.4 is 4.90 Å². The summed E-state index contributed by atoms with van der Waals surface area (Å²) in [6, 6.07) is 13.7. The van der Waals surface area contributed by atoms with Crippen LogP contribution in [-0.4, -0.2) is 42.1 Å². The first-order chi connectivity index (χ1) is 12.5. The molecular weight excluding hydrogens is 324 g/mol. The summed E-state index contributed by atoms with van der Waals surface area (Å²) in [4.78, 5) is 17.3. The lowest BCUT2D eigenvalue weighted by atomic mass is 10.1. The Bertz CT molecular complexity index is 807. The number of phenolic OH excluding ortho intramolecular Hbond substituents is 1. The topological polar surface area (TPSA) is 43.8 Å². The lowest BCUT2D eigenvalue weighted by Crippen LogP contribution is -2.49. The van der Waals surface area contributed by atoms with Crippen LogP contribution in [-0.2, 0) is 4.79 Å². The molecule has 1 saturated heterocycles. The van der Waals surface area contributed by atoms with Crippen molar-refractivity contribution in [2.75, 3.05) is 31.1 Å². The third-order valence-electron chi connectivity index (χ3n) is 5.94. The normalized spacial score (nSPS) is 22.4. The first kappa shape index (κ1) is 17.0. The molecule has 2 aromatic rings. The molecular formula is C22H26N2O2. The Labute approximate surface area is 155 Å². The van der Waals surface area contributed by atoms with E-state index in [1.54, 1.807) is 12.1 Å². The summed E-state index contributed by atoms with van der Waals surface area (Å²) < 4.78 is 0. The zero-order valence-corrected chi connectivity index (χ0v) is 15.5. The molecule has 2 fully saturated rings. The third-order valence-corrected chi connectivity index (χ3v) is 5.94. The maximum absolute atomic E-state index is 12.8. The Kier molecular flexibility index (Phi) is 4.35. The van der Waals surface area contributed by atoms with E-state index in [1.807, 2.05) is 17.0 Å². The van der Waals surface area contributed by atoms with Crippen LogP contribution in [0.4, 0.5) is 5.69 Å². The largest absolute Gasteiger partial charge is 0.508 e. The molecule has 26 heavy (non-hydrogen) atoms. The van der Waals surface area contributed by atoms with Gasteiger partial charge in [-0.15, -0.1) is 0 Å². The second-order valence-corrected chi connectivity index (χ2v) is 7.57. The van der Waals surface area contributed by atoms with Crippen LogP contribution >= 0.6 is 0 Å². The average Bonchev–Trinajstić information content (AvgIpc) is 3.45. The highest BCUT2D eigenvalue weighted by Gasteiger charge is 2.46. The van der Waals surface area contributed by atoms with Gasteiger partial charge < -0.3 is 14.9 Å². The van der Waals surface area contributed by atoms with Crippen LogP contribution in [0.1, 0.15) is 29.0 Å². The molecule has 1 heterocycles. The molecule has 4 nitrogen and oxygen atoms in total. The van der Waals surface area contributed by atoms with Crippen molar-refractivity contribution in [2.45, 2.75) is 26.2 Å². The fraction of sp³-hybridized carbons (Fsp3) is 0.409. The SMILES string of the molecule is Cc1cccc(N2CCN(C(=O)C3CC3c3ccc(O)cc3)CC2)c1C. The molecule has 4 rings (SSSR count). The standard InChI is InChI=1S/C22H26N2O2/c1-15-4-3-5-21(16(15)2)23-10-12-24(13-11-23)22(26)20-14-19(20)17-6-8-18(25)9-7-17/h3-9,19-20,25H,10-14H2,1-2H3. The van der Waals surface area contributed by atoms with Gasteiger partial charge in [0.05, 0.1) is 0 Å². The Morgan fingerprint density at radius 3 is 2.38 bits per heavy atom. The third kappa shape index (κ3) is 3.16. The number of hydrogen-bond acceptors (Lipinski definition) is 3. The van der Waals surface area contributed by atoms with Crippen LogP contribution in [0.5, 0.6) is 5.75 Å². The second-order valence-electron chi connectivity index (χ2n) is 7.57. The van der Waals surface area contributed by atoms with Crippen molar-refractivity contribution in [3.05, 3.63) is 59.2 Å². The number of carbonyl (C=O) groups excluding carboxylic acids is 1. The van der Waals surface area contributed by atoms with Gasteiger partial charge in [0.1, 0.15) is 5.75 Å². The predicted molar refractivity (Wildman–Crippen MR) is 104 cm³/mol. The molecule has 0 spiro atoms. The van der Waals surface area contributed by atoms with Gasteiger partial charge >= 0.3 is 0 Å².